The predicted octanol–water partition coefficient (Wildman–Crippen LogP) is 4.70. The molecule has 2 aromatic heterocycles. The van der Waals surface area contributed by atoms with Crippen molar-refractivity contribution < 1.29 is 22.3 Å². The summed E-state index contributed by atoms with van der Waals surface area (Å²) in [6.45, 7) is 3.87. The van der Waals surface area contributed by atoms with Gasteiger partial charge in [0.25, 0.3) is 0 Å². The molecule has 2 aliphatic heterocycles. The molecule has 1 unspecified atom stereocenters. The van der Waals surface area contributed by atoms with Crippen molar-refractivity contribution in [2.24, 2.45) is 5.41 Å². The number of rotatable bonds is 5. The molecule has 4 heterocycles. The normalized spacial score (nSPS) is 20.2. The van der Waals surface area contributed by atoms with E-state index in [0.717, 1.165) is 61.2 Å². The average Bonchev–Trinajstić information content (AvgIpc) is 3.58. The highest BCUT2D eigenvalue weighted by molar-refractivity contribution is 5.75. The maximum Gasteiger partial charge on any atom is 0.420 e. The number of alkyl halides is 3. The highest BCUT2D eigenvalue weighted by Crippen LogP contribution is 2.44. The molecule has 0 saturated carbocycles. The van der Waals surface area contributed by atoms with Gasteiger partial charge < -0.3 is 19.6 Å². The Labute approximate surface area is 214 Å². The van der Waals surface area contributed by atoms with Gasteiger partial charge in [0.1, 0.15) is 23.5 Å². The maximum atomic E-state index is 13.5. The molecule has 2 N–H and O–H groups in total. The van der Waals surface area contributed by atoms with Gasteiger partial charge in [-0.3, -0.25) is 4.90 Å². The summed E-state index contributed by atoms with van der Waals surface area (Å²) in [5, 5.41) is 0. The average molecular weight is 529 g/mol. The fourth-order valence-corrected chi connectivity index (χ4v) is 5.60. The van der Waals surface area contributed by atoms with Crippen molar-refractivity contribution >= 4 is 16.9 Å². The van der Waals surface area contributed by atoms with Crippen molar-refractivity contribution in [2.75, 3.05) is 31.1 Å². The molecule has 2 saturated heterocycles. The van der Waals surface area contributed by atoms with Crippen LogP contribution in [-0.4, -0.2) is 51.0 Å². The summed E-state index contributed by atoms with van der Waals surface area (Å²) >= 11 is 0. The number of ether oxygens (including phenoxy) is 1. The highest BCUT2D eigenvalue weighted by Gasteiger charge is 2.44. The Hall–Kier alpha value is -3.93. The molecule has 2 aromatic carbocycles. The Morgan fingerprint density at radius 2 is 1.82 bits per heavy atom. The van der Waals surface area contributed by atoms with E-state index in [0.29, 0.717) is 25.0 Å². The zero-order valence-electron chi connectivity index (χ0n) is 20.2. The van der Waals surface area contributed by atoms with Gasteiger partial charge in [0.05, 0.1) is 17.2 Å². The highest BCUT2D eigenvalue weighted by atomic mass is 19.4. The third-order valence-electron chi connectivity index (χ3n) is 7.37. The number of imidazole rings is 1. The van der Waals surface area contributed by atoms with E-state index in [4.69, 9.17) is 4.74 Å². The Kier molecular flexibility index (Phi) is 5.86. The van der Waals surface area contributed by atoms with Crippen molar-refractivity contribution in [1.82, 2.24) is 24.8 Å². The number of likely N-dealkylation sites (tertiary alicyclic amines) is 1. The van der Waals surface area contributed by atoms with Crippen LogP contribution in [-0.2, 0) is 12.7 Å². The van der Waals surface area contributed by atoms with E-state index in [2.05, 4.69) is 24.8 Å². The molecule has 38 heavy (non-hydrogen) atoms. The van der Waals surface area contributed by atoms with Crippen LogP contribution in [0.15, 0.2) is 53.7 Å². The molecule has 0 radical (unpaired) electrons. The SMILES string of the molecule is O=c1[nH]c2ccc(CN3CCC4(CCN(c5ncncc5Oc5ccc(F)cc5C(F)(F)F)C4)C3)cc2[nH]1. The number of hydrogen-bond acceptors (Lipinski definition) is 6. The number of aromatic amines is 2. The lowest BCUT2D eigenvalue weighted by Crippen LogP contribution is -2.31. The fraction of sp³-hybridized carbons (Fsp3) is 0.346. The predicted molar refractivity (Wildman–Crippen MR) is 132 cm³/mol. The number of aromatic nitrogens is 4. The van der Waals surface area contributed by atoms with E-state index >= 15 is 0 Å². The first kappa shape index (κ1) is 24.4. The number of fused-ring (bicyclic) bond motifs is 1. The second kappa shape index (κ2) is 9.12. The Morgan fingerprint density at radius 3 is 2.66 bits per heavy atom. The Balaban J connectivity index is 1.17. The minimum absolute atomic E-state index is 0.0156. The van der Waals surface area contributed by atoms with Gasteiger partial charge in [-0.2, -0.15) is 13.2 Å². The minimum Gasteiger partial charge on any atom is -0.451 e. The van der Waals surface area contributed by atoms with E-state index in [1.807, 2.05) is 23.1 Å². The summed E-state index contributed by atoms with van der Waals surface area (Å²) in [5.74, 6) is -1.00. The van der Waals surface area contributed by atoms with Crippen molar-refractivity contribution in [1.29, 1.82) is 0 Å². The van der Waals surface area contributed by atoms with Crippen molar-refractivity contribution in [3.8, 4) is 11.5 Å². The van der Waals surface area contributed by atoms with E-state index < -0.39 is 23.3 Å². The summed E-state index contributed by atoms with van der Waals surface area (Å²) in [5.41, 5.74) is 1.24. The van der Waals surface area contributed by atoms with E-state index in [1.54, 1.807) is 0 Å². The smallest absolute Gasteiger partial charge is 0.420 e. The number of H-pyrrole nitrogens is 2. The summed E-state index contributed by atoms with van der Waals surface area (Å²) < 4.78 is 59.7. The number of anilines is 1. The lowest BCUT2D eigenvalue weighted by molar-refractivity contribution is -0.138. The van der Waals surface area contributed by atoms with Gasteiger partial charge in [-0.1, -0.05) is 6.07 Å². The van der Waals surface area contributed by atoms with Crippen molar-refractivity contribution in [2.45, 2.75) is 25.6 Å². The van der Waals surface area contributed by atoms with E-state index in [-0.39, 0.29) is 16.9 Å². The van der Waals surface area contributed by atoms with Crippen LogP contribution in [0.3, 0.4) is 0 Å². The molecule has 12 heteroatoms. The quantitative estimate of drug-likeness (QED) is 0.365. The summed E-state index contributed by atoms with van der Waals surface area (Å²) in [7, 11) is 0. The van der Waals surface area contributed by atoms with Crippen molar-refractivity contribution in [3.63, 3.8) is 0 Å². The van der Waals surface area contributed by atoms with Gasteiger partial charge in [-0.25, -0.2) is 19.2 Å². The van der Waals surface area contributed by atoms with Gasteiger partial charge >= 0.3 is 11.9 Å². The molecule has 1 atom stereocenters. The molecule has 198 valence electrons. The van der Waals surface area contributed by atoms with Gasteiger partial charge in [0.2, 0.25) is 0 Å². The number of hydrogen-bond donors (Lipinski definition) is 2. The van der Waals surface area contributed by atoms with Crippen LogP contribution in [0.5, 0.6) is 11.5 Å². The summed E-state index contributed by atoms with van der Waals surface area (Å²) in [6.07, 6.45) is -0.227. The summed E-state index contributed by atoms with van der Waals surface area (Å²) in [4.78, 5) is 29.8. The van der Waals surface area contributed by atoms with Gasteiger partial charge in [-0.05, 0) is 55.3 Å². The van der Waals surface area contributed by atoms with Crippen molar-refractivity contribution in [3.05, 3.63) is 76.4 Å². The molecule has 6 rings (SSSR count). The number of nitrogens with zero attached hydrogens (tertiary/aromatic N) is 4. The minimum atomic E-state index is -4.78. The van der Waals surface area contributed by atoms with Crippen LogP contribution < -0.4 is 15.3 Å². The molecule has 4 aromatic rings. The van der Waals surface area contributed by atoms with E-state index in [9.17, 15) is 22.4 Å². The zero-order valence-corrected chi connectivity index (χ0v) is 20.2. The van der Waals surface area contributed by atoms with Gasteiger partial charge in [-0.15, -0.1) is 0 Å². The number of benzene rings is 2. The van der Waals surface area contributed by atoms with Crippen LogP contribution in [0.25, 0.3) is 11.0 Å². The summed E-state index contributed by atoms with van der Waals surface area (Å²) in [6, 6.07) is 8.20. The monoisotopic (exact) mass is 528 g/mol. The number of halogens is 4. The standard InChI is InChI=1S/C26H24F4N6O2/c27-17-2-4-21(18(10-17)26(28,29)30)38-22-11-31-15-32-23(22)36-8-6-25(14-36)5-7-35(13-25)12-16-1-3-19-20(9-16)34-24(37)33-19/h1-4,9-11,15H,5-8,12-14H2,(H2,33,34,37). The van der Waals surface area contributed by atoms with Crippen LogP contribution in [0.4, 0.5) is 23.4 Å². The molecule has 0 aliphatic carbocycles. The van der Waals surface area contributed by atoms with Crippen LogP contribution in [0.1, 0.15) is 24.0 Å². The molecule has 8 nitrogen and oxygen atoms in total. The van der Waals surface area contributed by atoms with E-state index in [1.165, 1.54) is 12.5 Å². The Morgan fingerprint density at radius 1 is 1.00 bits per heavy atom. The maximum absolute atomic E-state index is 13.5. The third-order valence-corrected chi connectivity index (χ3v) is 7.37. The molecular formula is C26H24F4N6O2. The fourth-order valence-electron chi connectivity index (χ4n) is 5.60. The first-order valence-electron chi connectivity index (χ1n) is 12.2. The molecule has 2 fully saturated rings. The molecular weight excluding hydrogens is 504 g/mol. The zero-order chi connectivity index (χ0) is 26.5. The third kappa shape index (κ3) is 4.71. The van der Waals surface area contributed by atoms with Crippen LogP contribution in [0.2, 0.25) is 0 Å². The molecule has 0 bridgehead atoms. The lowest BCUT2D eigenvalue weighted by atomic mass is 9.86. The lowest BCUT2D eigenvalue weighted by Gasteiger charge is -2.26. The first-order valence-corrected chi connectivity index (χ1v) is 12.2. The topological polar surface area (TPSA) is 90.1 Å². The molecule has 1 spiro atoms. The number of nitrogens with one attached hydrogen (secondary N) is 2. The van der Waals surface area contributed by atoms with Gasteiger partial charge in [0.15, 0.2) is 11.6 Å². The largest absolute Gasteiger partial charge is 0.451 e. The molecule has 2 aliphatic rings. The second-order valence-corrected chi connectivity index (χ2v) is 10.0. The molecule has 0 amide bonds. The first-order chi connectivity index (χ1) is 18.2. The van der Waals surface area contributed by atoms with Crippen LogP contribution >= 0.6 is 0 Å². The van der Waals surface area contributed by atoms with Crippen LogP contribution in [0, 0.1) is 11.2 Å². The second-order valence-electron chi connectivity index (χ2n) is 10.0. The Bertz CT molecular complexity index is 1550. The van der Waals surface area contributed by atoms with Gasteiger partial charge in [0, 0.05) is 31.6 Å².